The topological polar surface area (TPSA) is 63.2 Å². The molecule has 0 aliphatic carbocycles. The van der Waals surface area contributed by atoms with Gasteiger partial charge in [-0.15, -0.1) is 0 Å². The average molecular weight is 315 g/mol. The summed E-state index contributed by atoms with van der Waals surface area (Å²) in [6.45, 7) is 3.20. The van der Waals surface area contributed by atoms with Gasteiger partial charge in [-0.25, -0.2) is 0 Å². The maximum Gasteiger partial charge on any atom is 0.275 e. The highest BCUT2D eigenvalue weighted by atomic mass is 32.1. The van der Waals surface area contributed by atoms with Crippen molar-refractivity contribution >= 4 is 23.4 Å². The number of likely N-dealkylation sites (tertiary alicyclic amines) is 1. The summed E-state index contributed by atoms with van der Waals surface area (Å²) in [6, 6.07) is 7.69. The van der Waals surface area contributed by atoms with Crippen LogP contribution in [0.2, 0.25) is 0 Å². The van der Waals surface area contributed by atoms with Crippen molar-refractivity contribution in [2.45, 2.75) is 19.8 Å². The van der Waals surface area contributed by atoms with Gasteiger partial charge in [0.2, 0.25) is 0 Å². The second-order valence-electron chi connectivity index (χ2n) is 5.59. The molecule has 1 aromatic heterocycles. The quantitative estimate of drug-likeness (QED) is 0.817. The third kappa shape index (κ3) is 3.06. The van der Waals surface area contributed by atoms with Crippen LogP contribution in [0.25, 0.3) is 0 Å². The van der Waals surface area contributed by atoms with Crippen LogP contribution in [0.4, 0.5) is 0 Å². The minimum absolute atomic E-state index is 0.000292. The van der Waals surface area contributed by atoms with Crippen molar-refractivity contribution < 1.29 is 9.59 Å². The molecule has 0 spiro atoms. The molecule has 22 heavy (non-hydrogen) atoms. The van der Waals surface area contributed by atoms with Crippen molar-refractivity contribution in [3.63, 3.8) is 0 Å². The van der Waals surface area contributed by atoms with Gasteiger partial charge in [0.05, 0.1) is 17.9 Å². The number of Topliss-reactive ketones (excluding diaryl/α,β-unsaturated/α-hetero) is 1. The maximum absolute atomic E-state index is 12.5. The van der Waals surface area contributed by atoms with Gasteiger partial charge in [-0.3, -0.25) is 9.59 Å². The van der Waals surface area contributed by atoms with E-state index in [9.17, 15) is 9.59 Å². The lowest BCUT2D eigenvalue weighted by molar-refractivity contribution is 0.0646. The third-order valence-corrected chi connectivity index (χ3v) is 4.55. The van der Waals surface area contributed by atoms with E-state index in [-0.39, 0.29) is 17.6 Å². The fourth-order valence-corrected chi connectivity index (χ4v) is 3.13. The minimum Gasteiger partial charge on any atom is -0.337 e. The second kappa shape index (κ2) is 6.36. The van der Waals surface area contributed by atoms with Crippen molar-refractivity contribution in [1.82, 2.24) is 13.6 Å². The van der Waals surface area contributed by atoms with Gasteiger partial charge < -0.3 is 4.90 Å². The van der Waals surface area contributed by atoms with Crippen LogP contribution in [-0.4, -0.2) is 38.4 Å². The first-order valence-corrected chi connectivity index (χ1v) is 8.06. The number of aromatic nitrogens is 2. The highest BCUT2D eigenvalue weighted by molar-refractivity contribution is 6.99. The Kier molecular flexibility index (Phi) is 4.29. The van der Waals surface area contributed by atoms with Crippen LogP contribution in [0.15, 0.2) is 30.5 Å². The number of carbonyl (C=O) groups excluding carboxylic acids is 2. The van der Waals surface area contributed by atoms with Crippen molar-refractivity contribution in [2.24, 2.45) is 5.92 Å². The predicted octanol–water partition coefficient (Wildman–Crippen LogP) is 2.58. The van der Waals surface area contributed by atoms with E-state index in [4.69, 9.17) is 0 Å². The van der Waals surface area contributed by atoms with Crippen molar-refractivity contribution in [2.75, 3.05) is 13.1 Å². The van der Waals surface area contributed by atoms with Gasteiger partial charge >= 0.3 is 0 Å². The molecule has 0 saturated carbocycles. The Hall–Kier alpha value is -2.08. The van der Waals surface area contributed by atoms with Crippen LogP contribution in [-0.2, 0) is 0 Å². The van der Waals surface area contributed by atoms with Crippen LogP contribution in [0.5, 0.6) is 0 Å². The second-order valence-corrected chi connectivity index (χ2v) is 6.15. The van der Waals surface area contributed by atoms with Crippen molar-refractivity contribution in [3.8, 4) is 0 Å². The molecule has 0 atom stereocenters. The summed E-state index contributed by atoms with van der Waals surface area (Å²) in [5.74, 6) is 0.0951. The molecule has 114 valence electrons. The average Bonchev–Trinajstić information content (AvgIpc) is 3.09. The van der Waals surface area contributed by atoms with Gasteiger partial charge in [0.15, 0.2) is 11.5 Å². The lowest BCUT2D eigenvalue weighted by Crippen LogP contribution is -2.40. The van der Waals surface area contributed by atoms with Crippen LogP contribution in [0, 0.1) is 12.8 Å². The Morgan fingerprint density at radius 1 is 1.18 bits per heavy atom. The Bertz CT molecular complexity index is 659. The maximum atomic E-state index is 12.5. The molecule has 1 saturated heterocycles. The Balaban J connectivity index is 1.60. The summed E-state index contributed by atoms with van der Waals surface area (Å²) in [4.78, 5) is 26.4. The molecule has 1 aliphatic rings. The molecule has 2 aromatic rings. The molecular formula is C16H17N3O2S. The fraction of sp³-hybridized carbons (Fsp3) is 0.375. The third-order valence-electron chi connectivity index (χ3n) is 4.07. The summed E-state index contributed by atoms with van der Waals surface area (Å²) < 4.78 is 7.83. The number of hydrogen-bond acceptors (Lipinski definition) is 5. The molecule has 1 aromatic carbocycles. The Morgan fingerprint density at radius 3 is 2.45 bits per heavy atom. The molecule has 2 heterocycles. The summed E-state index contributed by atoms with van der Waals surface area (Å²) in [5, 5.41) is 0. The molecule has 0 radical (unpaired) electrons. The normalized spacial score (nSPS) is 15.8. The summed E-state index contributed by atoms with van der Waals surface area (Å²) in [7, 11) is 0. The molecule has 0 bridgehead atoms. The van der Waals surface area contributed by atoms with Gasteiger partial charge in [-0.1, -0.05) is 29.8 Å². The van der Waals surface area contributed by atoms with Gasteiger partial charge in [0, 0.05) is 24.6 Å². The summed E-state index contributed by atoms with van der Waals surface area (Å²) >= 11 is 1.03. The molecule has 1 aliphatic heterocycles. The largest absolute Gasteiger partial charge is 0.337 e. The van der Waals surface area contributed by atoms with Crippen LogP contribution < -0.4 is 0 Å². The number of carbonyl (C=O) groups is 2. The van der Waals surface area contributed by atoms with E-state index in [1.807, 2.05) is 31.2 Å². The first-order valence-electron chi connectivity index (χ1n) is 7.33. The van der Waals surface area contributed by atoms with Crippen molar-refractivity contribution in [1.29, 1.82) is 0 Å². The lowest BCUT2D eigenvalue weighted by atomic mass is 9.88. The lowest BCUT2D eigenvalue weighted by Gasteiger charge is -2.30. The number of aryl methyl sites for hydroxylation is 1. The van der Waals surface area contributed by atoms with Gasteiger partial charge in [-0.2, -0.15) is 8.75 Å². The van der Waals surface area contributed by atoms with E-state index in [2.05, 4.69) is 8.75 Å². The number of rotatable bonds is 3. The first-order chi connectivity index (χ1) is 10.6. The number of nitrogens with zero attached hydrogens (tertiary/aromatic N) is 3. The van der Waals surface area contributed by atoms with E-state index >= 15 is 0 Å². The van der Waals surface area contributed by atoms with E-state index in [1.54, 1.807) is 4.90 Å². The Labute approximate surface area is 133 Å². The van der Waals surface area contributed by atoms with Gasteiger partial charge in [0.1, 0.15) is 0 Å². The predicted molar refractivity (Wildman–Crippen MR) is 84.0 cm³/mol. The Morgan fingerprint density at radius 2 is 1.86 bits per heavy atom. The molecule has 0 unspecified atom stereocenters. The number of benzene rings is 1. The molecular weight excluding hydrogens is 298 g/mol. The van der Waals surface area contributed by atoms with E-state index in [0.717, 1.165) is 22.9 Å². The molecule has 1 amide bonds. The standard InChI is InChI=1S/C16H17N3O2S/c1-11-2-4-12(5-3-11)15(20)13-6-8-19(9-7-13)16(21)14-10-17-22-18-14/h2-5,10,13H,6-9H2,1H3. The molecule has 3 rings (SSSR count). The van der Waals surface area contributed by atoms with Crippen LogP contribution in [0.1, 0.15) is 39.3 Å². The number of ketones is 1. The van der Waals surface area contributed by atoms with Crippen molar-refractivity contribution in [3.05, 3.63) is 47.3 Å². The molecule has 0 N–H and O–H groups in total. The summed E-state index contributed by atoms with van der Waals surface area (Å²) in [6.07, 6.45) is 2.91. The van der Waals surface area contributed by atoms with E-state index in [1.165, 1.54) is 6.20 Å². The molecule has 5 nitrogen and oxygen atoms in total. The first kappa shape index (κ1) is 14.8. The van der Waals surface area contributed by atoms with E-state index in [0.29, 0.717) is 31.6 Å². The number of piperidine rings is 1. The number of amides is 1. The zero-order valence-corrected chi connectivity index (χ0v) is 13.2. The fourth-order valence-electron chi connectivity index (χ4n) is 2.72. The highest BCUT2D eigenvalue weighted by Crippen LogP contribution is 2.23. The number of hydrogen-bond donors (Lipinski definition) is 0. The van der Waals surface area contributed by atoms with Crippen LogP contribution in [0.3, 0.4) is 0 Å². The highest BCUT2D eigenvalue weighted by Gasteiger charge is 2.29. The van der Waals surface area contributed by atoms with Gasteiger partial charge in [0.25, 0.3) is 5.91 Å². The minimum atomic E-state index is -0.0880. The SMILES string of the molecule is Cc1ccc(C(=O)C2CCN(C(=O)c3cnsn3)CC2)cc1. The smallest absolute Gasteiger partial charge is 0.275 e. The van der Waals surface area contributed by atoms with Gasteiger partial charge in [-0.05, 0) is 19.8 Å². The molecule has 1 fully saturated rings. The molecule has 6 heteroatoms. The van der Waals surface area contributed by atoms with E-state index < -0.39 is 0 Å². The monoisotopic (exact) mass is 315 g/mol. The zero-order chi connectivity index (χ0) is 15.5. The zero-order valence-electron chi connectivity index (χ0n) is 12.4. The van der Waals surface area contributed by atoms with Crippen LogP contribution >= 0.6 is 11.7 Å². The summed E-state index contributed by atoms with van der Waals surface area (Å²) in [5.41, 5.74) is 2.31.